The molecule has 1 aromatic carbocycles. The third kappa shape index (κ3) is 4.36. The van der Waals surface area contributed by atoms with Crippen LogP contribution in [0.15, 0.2) is 35.7 Å². The summed E-state index contributed by atoms with van der Waals surface area (Å²) in [6.07, 6.45) is 1.06. The van der Waals surface area contributed by atoms with Crippen molar-refractivity contribution in [2.45, 2.75) is 19.4 Å². The lowest BCUT2D eigenvalue weighted by atomic mass is 10.0. The second-order valence-corrected chi connectivity index (χ2v) is 6.78. The van der Waals surface area contributed by atoms with Gasteiger partial charge in [-0.3, -0.25) is 19.8 Å². The molecule has 0 radical (unpaired) electrons. The summed E-state index contributed by atoms with van der Waals surface area (Å²) in [5.41, 5.74) is 1.87. The number of hydrogen-bond acceptors (Lipinski definition) is 5. The van der Waals surface area contributed by atoms with E-state index >= 15 is 0 Å². The average Bonchev–Trinajstić information content (AvgIpc) is 3.06. The van der Waals surface area contributed by atoms with Crippen molar-refractivity contribution in [2.24, 2.45) is 0 Å². The van der Waals surface area contributed by atoms with Crippen LogP contribution in [-0.2, 0) is 6.42 Å². The Kier molecular flexibility index (Phi) is 6.52. The van der Waals surface area contributed by atoms with Crippen LogP contribution in [0.3, 0.4) is 0 Å². The van der Waals surface area contributed by atoms with Gasteiger partial charge < -0.3 is 5.32 Å². The van der Waals surface area contributed by atoms with E-state index in [0.29, 0.717) is 18.2 Å². The van der Waals surface area contributed by atoms with E-state index in [9.17, 15) is 14.9 Å². The fourth-order valence-corrected chi connectivity index (χ4v) is 4.05. The zero-order chi connectivity index (χ0) is 17.1. The lowest BCUT2D eigenvalue weighted by Crippen LogP contribution is -2.39. The van der Waals surface area contributed by atoms with E-state index in [4.69, 9.17) is 0 Å². The molecule has 1 N–H and O–H groups in total. The fraction of sp³-hybridized carbons (Fsp3) is 0.353. The van der Waals surface area contributed by atoms with Gasteiger partial charge in [-0.2, -0.15) is 0 Å². The van der Waals surface area contributed by atoms with Gasteiger partial charge in [-0.05, 0) is 42.5 Å². The van der Waals surface area contributed by atoms with Gasteiger partial charge in [0.05, 0.1) is 4.92 Å². The van der Waals surface area contributed by atoms with Crippen LogP contribution in [0.25, 0.3) is 0 Å². The third-order valence-corrected chi connectivity index (χ3v) is 5.53. The summed E-state index contributed by atoms with van der Waals surface area (Å²) in [5.74, 6) is -0.202. The molecule has 3 rings (SSSR count). The highest BCUT2D eigenvalue weighted by atomic mass is 35.5. The Labute approximate surface area is 156 Å². The molecule has 8 heteroatoms. The summed E-state index contributed by atoms with van der Waals surface area (Å²) in [7, 11) is 0. The number of nitro benzene ring substituents is 1. The van der Waals surface area contributed by atoms with Gasteiger partial charge in [0.2, 0.25) is 0 Å². The van der Waals surface area contributed by atoms with E-state index in [0.717, 1.165) is 19.5 Å². The molecular formula is C17H20ClN3O3S. The van der Waals surface area contributed by atoms with Crippen molar-refractivity contribution in [3.8, 4) is 0 Å². The Bertz CT molecular complexity index is 748. The molecule has 0 aliphatic carbocycles. The smallest absolute Gasteiger partial charge is 0.269 e. The van der Waals surface area contributed by atoms with E-state index in [-0.39, 0.29) is 24.0 Å². The quantitative estimate of drug-likeness (QED) is 0.636. The van der Waals surface area contributed by atoms with Gasteiger partial charge in [0.1, 0.15) is 0 Å². The molecule has 1 atom stereocenters. The zero-order valence-corrected chi connectivity index (χ0v) is 15.4. The molecule has 25 heavy (non-hydrogen) atoms. The normalized spacial score (nSPS) is 16.6. The zero-order valence-electron chi connectivity index (χ0n) is 13.8. The Morgan fingerprint density at radius 2 is 2.08 bits per heavy atom. The Morgan fingerprint density at radius 3 is 2.76 bits per heavy atom. The number of hydrogen-bond donors (Lipinski definition) is 1. The van der Waals surface area contributed by atoms with Crippen LogP contribution in [0.2, 0.25) is 0 Å². The molecule has 0 spiro atoms. The van der Waals surface area contributed by atoms with Gasteiger partial charge in [0.15, 0.2) is 0 Å². The van der Waals surface area contributed by atoms with Crippen LogP contribution in [-0.4, -0.2) is 35.4 Å². The molecule has 1 unspecified atom stereocenters. The number of carbonyl (C=O) groups is 1. The first-order valence-electron chi connectivity index (χ1n) is 7.89. The highest BCUT2D eigenvalue weighted by molar-refractivity contribution is 7.10. The van der Waals surface area contributed by atoms with Crippen molar-refractivity contribution in [1.29, 1.82) is 0 Å². The molecular weight excluding hydrogens is 362 g/mol. The molecule has 1 aromatic heterocycles. The summed E-state index contributed by atoms with van der Waals surface area (Å²) in [5, 5.41) is 15.7. The highest BCUT2D eigenvalue weighted by Crippen LogP contribution is 2.32. The highest BCUT2D eigenvalue weighted by Gasteiger charge is 2.24. The number of nitrogens with zero attached hydrogens (tertiary/aromatic N) is 2. The molecule has 134 valence electrons. The number of amides is 1. The van der Waals surface area contributed by atoms with Crippen molar-refractivity contribution in [2.75, 3.05) is 19.6 Å². The fourth-order valence-electron chi connectivity index (χ4n) is 3.00. The predicted molar refractivity (Wildman–Crippen MR) is 101 cm³/mol. The van der Waals surface area contributed by atoms with Gasteiger partial charge in [-0.15, -0.1) is 23.7 Å². The number of non-ortho nitro benzene ring substituents is 1. The van der Waals surface area contributed by atoms with Crippen molar-refractivity contribution >= 4 is 35.3 Å². The second-order valence-electron chi connectivity index (χ2n) is 5.83. The lowest BCUT2D eigenvalue weighted by molar-refractivity contribution is -0.384. The summed E-state index contributed by atoms with van der Waals surface area (Å²) in [6, 6.07) is 8.23. The number of thiophene rings is 1. The Balaban J connectivity index is 0.00000225. The van der Waals surface area contributed by atoms with E-state index in [1.165, 1.54) is 34.7 Å². The van der Waals surface area contributed by atoms with E-state index in [1.54, 1.807) is 11.3 Å². The largest absolute Gasteiger partial charge is 0.351 e. The summed E-state index contributed by atoms with van der Waals surface area (Å²) >= 11 is 1.79. The van der Waals surface area contributed by atoms with E-state index in [1.807, 2.05) is 0 Å². The standard InChI is InChI=1S/C17H19N3O3S.ClH/c1-12-16-13(7-11-24-16)6-9-19(12)10-8-18-17(21)14-2-4-15(5-3-14)20(22)23;/h2-5,7,11-12H,6,8-10H2,1H3,(H,18,21);1H. The summed E-state index contributed by atoms with van der Waals surface area (Å²) in [4.78, 5) is 26.1. The molecule has 1 amide bonds. The van der Waals surface area contributed by atoms with Crippen LogP contribution < -0.4 is 5.32 Å². The summed E-state index contributed by atoms with van der Waals surface area (Å²) < 4.78 is 0. The topological polar surface area (TPSA) is 75.5 Å². The number of rotatable bonds is 5. The average molecular weight is 382 g/mol. The number of benzene rings is 1. The first-order valence-corrected chi connectivity index (χ1v) is 8.77. The third-order valence-electron chi connectivity index (χ3n) is 4.40. The summed E-state index contributed by atoms with van der Waals surface area (Å²) in [6.45, 7) is 4.54. The van der Waals surface area contributed by atoms with E-state index < -0.39 is 4.92 Å². The second kappa shape index (κ2) is 8.42. The van der Waals surface area contributed by atoms with Gasteiger partial charge in [0, 0.05) is 48.2 Å². The van der Waals surface area contributed by atoms with Crippen molar-refractivity contribution in [1.82, 2.24) is 10.2 Å². The van der Waals surface area contributed by atoms with Gasteiger partial charge in [-0.25, -0.2) is 0 Å². The van der Waals surface area contributed by atoms with Crippen LogP contribution in [0, 0.1) is 10.1 Å². The molecule has 0 saturated carbocycles. The minimum Gasteiger partial charge on any atom is -0.351 e. The van der Waals surface area contributed by atoms with Crippen LogP contribution in [0.1, 0.15) is 33.8 Å². The molecule has 2 heterocycles. The minimum absolute atomic E-state index is 0. The minimum atomic E-state index is -0.474. The molecule has 1 aliphatic rings. The van der Waals surface area contributed by atoms with Crippen molar-refractivity contribution < 1.29 is 9.72 Å². The molecule has 2 aromatic rings. The molecule has 0 saturated heterocycles. The van der Waals surface area contributed by atoms with Crippen LogP contribution in [0.5, 0.6) is 0 Å². The first-order chi connectivity index (χ1) is 11.6. The maximum absolute atomic E-state index is 12.1. The van der Waals surface area contributed by atoms with Crippen LogP contribution >= 0.6 is 23.7 Å². The van der Waals surface area contributed by atoms with Gasteiger partial charge in [-0.1, -0.05) is 0 Å². The number of fused-ring (bicyclic) bond motifs is 1. The Morgan fingerprint density at radius 1 is 1.36 bits per heavy atom. The molecule has 0 fully saturated rings. The maximum Gasteiger partial charge on any atom is 0.269 e. The van der Waals surface area contributed by atoms with Gasteiger partial charge >= 0.3 is 0 Å². The number of nitrogens with one attached hydrogen (secondary N) is 1. The maximum atomic E-state index is 12.1. The predicted octanol–water partition coefficient (Wildman–Crippen LogP) is 3.43. The first kappa shape index (κ1) is 19.4. The number of halogens is 1. The van der Waals surface area contributed by atoms with Crippen molar-refractivity contribution in [3.63, 3.8) is 0 Å². The van der Waals surface area contributed by atoms with Crippen LogP contribution in [0.4, 0.5) is 5.69 Å². The number of nitro groups is 1. The number of carbonyl (C=O) groups excluding carboxylic acids is 1. The molecule has 6 nitrogen and oxygen atoms in total. The van der Waals surface area contributed by atoms with E-state index in [2.05, 4.69) is 28.6 Å². The SMILES string of the molecule is CC1c2sccc2CCN1CCNC(=O)c1ccc([N+](=O)[O-])cc1.Cl. The molecule has 1 aliphatic heterocycles. The monoisotopic (exact) mass is 381 g/mol. The lowest BCUT2D eigenvalue weighted by Gasteiger charge is -2.33. The Hall–Kier alpha value is -1.96. The molecule has 0 bridgehead atoms. The van der Waals surface area contributed by atoms with Crippen molar-refractivity contribution in [3.05, 3.63) is 61.8 Å². The van der Waals surface area contributed by atoms with Gasteiger partial charge in [0.25, 0.3) is 11.6 Å².